The van der Waals surface area contributed by atoms with E-state index in [1.165, 1.54) is 25.7 Å². The Morgan fingerprint density at radius 1 is 1.30 bits per heavy atom. The van der Waals surface area contributed by atoms with Crippen LogP contribution in [0.5, 0.6) is 5.75 Å². The maximum Gasteiger partial charge on any atom is 0.337 e. The molecule has 1 aliphatic carbocycles. The summed E-state index contributed by atoms with van der Waals surface area (Å²) >= 11 is 0. The van der Waals surface area contributed by atoms with Gasteiger partial charge in [0.15, 0.2) is 0 Å². The van der Waals surface area contributed by atoms with E-state index in [0.29, 0.717) is 29.0 Å². The number of carboxylic acids is 1. The van der Waals surface area contributed by atoms with Gasteiger partial charge in [0, 0.05) is 12.1 Å². The van der Waals surface area contributed by atoms with Gasteiger partial charge in [-0.15, -0.1) is 0 Å². The smallest absolute Gasteiger partial charge is 0.337 e. The van der Waals surface area contributed by atoms with Gasteiger partial charge in [-0.25, -0.2) is 4.79 Å². The Bertz CT molecular complexity index is 473. The molecule has 2 rings (SSSR count). The fourth-order valence-electron chi connectivity index (χ4n) is 2.86. The molecule has 4 nitrogen and oxygen atoms in total. The standard InChI is InChI=1S/C16H23NO3/c1-11-6-4-3-5-7-14(11)17-15-10-12(20-2)8-9-13(15)16(18)19/h8-11,14,17H,3-7H2,1-2H3,(H,18,19). The number of anilines is 1. The van der Waals surface area contributed by atoms with E-state index in [0.717, 1.165) is 6.42 Å². The van der Waals surface area contributed by atoms with Crippen molar-refractivity contribution in [2.24, 2.45) is 5.92 Å². The van der Waals surface area contributed by atoms with Crippen molar-refractivity contribution in [3.05, 3.63) is 23.8 Å². The van der Waals surface area contributed by atoms with Gasteiger partial charge in [0.05, 0.1) is 18.4 Å². The van der Waals surface area contributed by atoms with Gasteiger partial charge in [0.2, 0.25) is 0 Å². The minimum Gasteiger partial charge on any atom is -0.497 e. The minimum atomic E-state index is -0.906. The SMILES string of the molecule is COc1ccc(C(=O)O)c(NC2CCCCCC2C)c1. The first-order valence-electron chi connectivity index (χ1n) is 7.29. The molecule has 2 unspecified atom stereocenters. The second-order valence-electron chi connectivity index (χ2n) is 5.58. The maximum absolute atomic E-state index is 11.3. The number of nitrogens with one attached hydrogen (secondary N) is 1. The lowest BCUT2D eigenvalue weighted by Gasteiger charge is -2.25. The first-order valence-corrected chi connectivity index (χ1v) is 7.29. The predicted octanol–water partition coefficient (Wildman–Crippen LogP) is 3.77. The lowest BCUT2D eigenvalue weighted by molar-refractivity contribution is 0.0698. The molecule has 0 bridgehead atoms. The van der Waals surface area contributed by atoms with Crippen LogP contribution in [0.25, 0.3) is 0 Å². The summed E-state index contributed by atoms with van der Waals surface area (Å²) in [7, 11) is 1.59. The van der Waals surface area contributed by atoms with Crippen molar-refractivity contribution in [2.45, 2.75) is 45.1 Å². The Morgan fingerprint density at radius 2 is 2.05 bits per heavy atom. The van der Waals surface area contributed by atoms with Crippen LogP contribution in [0.15, 0.2) is 18.2 Å². The number of ether oxygens (including phenoxy) is 1. The monoisotopic (exact) mass is 277 g/mol. The van der Waals surface area contributed by atoms with Crippen LogP contribution in [0, 0.1) is 5.92 Å². The molecule has 20 heavy (non-hydrogen) atoms. The highest BCUT2D eigenvalue weighted by Gasteiger charge is 2.22. The highest BCUT2D eigenvalue weighted by atomic mass is 16.5. The van der Waals surface area contributed by atoms with Crippen LogP contribution in [-0.2, 0) is 0 Å². The normalized spacial score (nSPS) is 22.9. The topological polar surface area (TPSA) is 58.6 Å². The van der Waals surface area contributed by atoms with Crippen LogP contribution in [0.3, 0.4) is 0 Å². The number of methoxy groups -OCH3 is 1. The van der Waals surface area contributed by atoms with Crippen LogP contribution in [0.4, 0.5) is 5.69 Å². The molecule has 0 saturated heterocycles. The van der Waals surface area contributed by atoms with Crippen molar-refractivity contribution in [3.63, 3.8) is 0 Å². The fourth-order valence-corrected chi connectivity index (χ4v) is 2.86. The van der Waals surface area contributed by atoms with Crippen LogP contribution in [0.1, 0.15) is 49.4 Å². The Morgan fingerprint density at radius 3 is 2.75 bits per heavy atom. The van der Waals surface area contributed by atoms with Gasteiger partial charge in [-0.2, -0.15) is 0 Å². The number of hydrogen-bond donors (Lipinski definition) is 2. The Balaban J connectivity index is 2.23. The quantitative estimate of drug-likeness (QED) is 0.822. The highest BCUT2D eigenvalue weighted by Crippen LogP contribution is 2.29. The average Bonchev–Trinajstić information content (AvgIpc) is 2.64. The Kier molecular flexibility index (Phi) is 4.88. The summed E-state index contributed by atoms with van der Waals surface area (Å²) in [6.45, 7) is 2.24. The molecule has 2 N–H and O–H groups in total. The van der Waals surface area contributed by atoms with Gasteiger partial charge >= 0.3 is 5.97 Å². The zero-order valence-electron chi connectivity index (χ0n) is 12.2. The molecule has 4 heteroatoms. The van der Waals surface area contributed by atoms with E-state index < -0.39 is 5.97 Å². The third-order valence-electron chi connectivity index (χ3n) is 4.16. The number of carbonyl (C=O) groups is 1. The molecule has 0 aromatic heterocycles. The first-order chi connectivity index (χ1) is 9.61. The zero-order valence-corrected chi connectivity index (χ0v) is 12.2. The van der Waals surface area contributed by atoms with Gasteiger partial charge in [-0.3, -0.25) is 0 Å². The van der Waals surface area contributed by atoms with E-state index in [1.807, 2.05) is 0 Å². The molecule has 1 aromatic rings. The molecule has 1 aromatic carbocycles. The first kappa shape index (κ1) is 14.7. The van der Waals surface area contributed by atoms with Crippen molar-refractivity contribution < 1.29 is 14.6 Å². The summed E-state index contributed by atoms with van der Waals surface area (Å²) in [4.78, 5) is 11.3. The second kappa shape index (κ2) is 6.64. The molecule has 0 aliphatic heterocycles. The lowest BCUT2D eigenvalue weighted by atomic mass is 9.96. The summed E-state index contributed by atoms with van der Waals surface area (Å²) in [6.07, 6.45) is 6.03. The van der Waals surface area contributed by atoms with Crippen LogP contribution in [0.2, 0.25) is 0 Å². The molecule has 2 atom stereocenters. The van der Waals surface area contributed by atoms with Crippen molar-refractivity contribution >= 4 is 11.7 Å². The van der Waals surface area contributed by atoms with Gasteiger partial charge in [-0.05, 0) is 30.9 Å². The maximum atomic E-state index is 11.3. The van der Waals surface area contributed by atoms with E-state index in [9.17, 15) is 9.90 Å². The summed E-state index contributed by atoms with van der Waals surface area (Å²) in [6, 6.07) is 5.40. The van der Waals surface area contributed by atoms with Gasteiger partial charge in [0.25, 0.3) is 0 Å². The summed E-state index contributed by atoms with van der Waals surface area (Å²) in [5.41, 5.74) is 0.970. The van der Waals surface area contributed by atoms with Gasteiger partial charge < -0.3 is 15.2 Å². The number of carboxylic acid groups (broad SMARTS) is 1. The number of rotatable bonds is 4. The number of hydrogen-bond acceptors (Lipinski definition) is 3. The van der Waals surface area contributed by atoms with E-state index in [4.69, 9.17) is 4.74 Å². The van der Waals surface area contributed by atoms with Crippen molar-refractivity contribution in [2.75, 3.05) is 12.4 Å². The highest BCUT2D eigenvalue weighted by molar-refractivity contribution is 5.94. The van der Waals surface area contributed by atoms with Gasteiger partial charge in [0.1, 0.15) is 5.75 Å². The summed E-state index contributed by atoms with van der Waals surface area (Å²) in [5.74, 6) is 0.334. The largest absolute Gasteiger partial charge is 0.497 e. The molecular weight excluding hydrogens is 254 g/mol. The molecule has 1 aliphatic rings. The van der Waals surface area contributed by atoms with Crippen molar-refractivity contribution in [1.82, 2.24) is 0 Å². The molecule has 1 saturated carbocycles. The minimum absolute atomic E-state index is 0.308. The average molecular weight is 277 g/mol. The fraction of sp³-hybridized carbons (Fsp3) is 0.562. The van der Waals surface area contributed by atoms with E-state index in [-0.39, 0.29) is 0 Å². The third kappa shape index (κ3) is 3.44. The Hall–Kier alpha value is -1.71. The molecule has 0 amide bonds. The molecular formula is C16H23NO3. The molecule has 1 fully saturated rings. The molecule has 0 spiro atoms. The van der Waals surface area contributed by atoms with Crippen molar-refractivity contribution in [3.8, 4) is 5.75 Å². The number of aromatic carboxylic acids is 1. The van der Waals surface area contributed by atoms with E-state index in [1.54, 1.807) is 25.3 Å². The molecule has 110 valence electrons. The van der Waals surface area contributed by atoms with Crippen molar-refractivity contribution in [1.29, 1.82) is 0 Å². The Labute approximate surface area is 120 Å². The zero-order chi connectivity index (χ0) is 14.5. The van der Waals surface area contributed by atoms with Crippen LogP contribution in [-0.4, -0.2) is 24.2 Å². The molecule has 0 radical (unpaired) electrons. The lowest BCUT2D eigenvalue weighted by Crippen LogP contribution is -2.27. The third-order valence-corrected chi connectivity index (χ3v) is 4.16. The van der Waals surface area contributed by atoms with Crippen LogP contribution >= 0.6 is 0 Å². The number of benzene rings is 1. The summed E-state index contributed by atoms with van der Waals surface area (Å²) < 4.78 is 5.20. The summed E-state index contributed by atoms with van der Waals surface area (Å²) in [5, 5.41) is 12.7. The second-order valence-corrected chi connectivity index (χ2v) is 5.58. The van der Waals surface area contributed by atoms with Crippen LogP contribution < -0.4 is 10.1 Å². The molecule has 0 heterocycles. The van der Waals surface area contributed by atoms with Gasteiger partial charge in [-0.1, -0.05) is 26.2 Å². The predicted molar refractivity (Wildman–Crippen MR) is 79.6 cm³/mol. The van der Waals surface area contributed by atoms with E-state index >= 15 is 0 Å². The van der Waals surface area contributed by atoms with E-state index in [2.05, 4.69) is 12.2 Å².